The van der Waals surface area contributed by atoms with E-state index in [1.165, 1.54) is 154 Å². The highest BCUT2D eigenvalue weighted by Gasteiger charge is 2.49. The van der Waals surface area contributed by atoms with E-state index < -0.39 is 10.8 Å². The van der Waals surface area contributed by atoms with Gasteiger partial charge < -0.3 is 17.7 Å². The van der Waals surface area contributed by atoms with E-state index in [0.717, 1.165) is 110 Å². The zero-order valence-electron chi connectivity index (χ0n) is 70.5. The highest BCUT2D eigenvalue weighted by atomic mass is 16.3. The highest BCUT2D eigenvalue weighted by molar-refractivity contribution is 6.27. The molecule has 22 aromatic carbocycles. The molecule has 604 valence electrons. The molecule has 0 aliphatic heterocycles. The molecule has 0 unspecified atom stereocenters. The first-order valence-electron chi connectivity index (χ1n) is 44.8. The zero-order valence-corrected chi connectivity index (χ0v) is 70.5. The molecule has 0 spiro atoms. The van der Waals surface area contributed by atoms with Crippen LogP contribution in [0.25, 0.3) is 220 Å². The third-order valence-electron chi connectivity index (χ3n) is 28.3. The fourth-order valence-electron chi connectivity index (χ4n) is 23.1. The Morgan fingerprint density at radius 1 is 0.131 bits per heavy atom. The Bertz CT molecular complexity index is 8760. The third-order valence-corrected chi connectivity index (χ3v) is 28.3. The van der Waals surface area contributed by atoms with E-state index in [1.807, 2.05) is 24.3 Å². The van der Waals surface area contributed by atoms with Crippen molar-refractivity contribution in [3.05, 3.63) is 506 Å². The zero-order chi connectivity index (χ0) is 85.3. The van der Waals surface area contributed by atoms with E-state index in [9.17, 15) is 0 Å². The fraction of sp³-hybridized carbons (Fsp3) is 0.0159. The van der Waals surface area contributed by atoms with Crippen molar-refractivity contribution < 1.29 is 17.7 Å². The molecule has 0 saturated heterocycles. The molecular formula is C126H76O4. The summed E-state index contributed by atoms with van der Waals surface area (Å²) in [6.45, 7) is 0. The number of benzene rings is 22. The van der Waals surface area contributed by atoms with Crippen molar-refractivity contribution >= 4 is 131 Å². The number of hydrogen-bond donors (Lipinski definition) is 0. The van der Waals surface area contributed by atoms with Crippen molar-refractivity contribution in [1.82, 2.24) is 0 Å². The predicted octanol–water partition coefficient (Wildman–Crippen LogP) is 34.3. The first-order valence-corrected chi connectivity index (χ1v) is 44.8. The van der Waals surface area contributed by atoms with Crippen LogP contribution in [0.2, 0.25) is 0 Å². The smallest absolute Gasteiger partial charge is 0.136 e. The summed E-state index contributed by atoms with van der Waals surface area (Å²) in [5.74, 6) is 0. The van der Waals surface area contributed by atoms with Crippen LogP contribution in [0.5, 0.6) is 0 Å². The van der Waals surface area contributed by atoms with Gasteiger partial charge in [-0.2, -0.15) is 0 Å². The van der Waals surface area contributed by atoms with Crippen LogP contribution in [-0.2, 0) is 10.8 Å². The minimum absolute atomic E-state index is 0.521. The van der Waals surface area contributed by atoms with E-state index in [1.54, 1.807) is 0 Å². The summed E-state index contributed by atoms with van der Waals surface area (Å²) in [5.41, 5.74) is 35.5. The lowest BCUT2D eigenvalue weighted by Crippen LogP contribution is -2.28. The average molecular weight is 1650 g/mol. The van der Waals surface area contributed by atoms with Gasteiger partial charge in [0.2, 0.25) is 0 Å². The van der Waals surface area contributed by atoms with Crippen molar-refractivity contribution in [2.75, 3.05) is 0 Å². The van der Waals surface area contributed by atoms with Crippen molar-refractivity contribution in [1.29, 1.82) is 0 Å². The molecule has 0 bridgehead atoms. The van der Waals surface area contributed by atoms with Crippen LogP contribution >= 0.6 is 0 Å². The molecule has 4 aromatic heterocycles. The van der Waals surface area contributed by atoms with Crippen molar-refractivity contribution in [3.8, 4) is 89.0 Å². The number of rotatable bonds is 10. The van der Waals surface area contributed by atoms with Gasteiger partial charge in [-0.3, -0.25) is 0 Å². The van der Waals surface area contributed by atoms with Crippen molar-refractivity contribution in [2.24, 2.45) is 0 Å². The number of fused-ring (bicyclic) bond motifs is 22. The summed E-state index contributed by atoms with van der Waals surface area (Å²) in [7, 11) is 0. The molecule has 0 amide bonds. The Morgan fingerprint density at radius 3 is 0.777 bits per heavy atom. The van der Waals surface area contributed by atoms with Crippen LogP contribution in [0, 0.1) is 0 Å². The summed E-state index contributed by atoms with van der Waals surface area (Å²) in [6.07, 6.45) is 0. The maximum Gasteiger partial charge on any atom is 0.136 e. The molecule has 0 atom stereocenters. The Morgan fingerprint density at radius 2 is 0.385 bits per heavy atom. The quantitative estimate of drug-likeness (QED) is 0.128. The molecule has 28 rings (SSSR count). The number of hydrogen-bond acceptors (Lipinski definition) is 4. The molecule has 0 fully saturated rings. The Kier molecular flexibility index (Phi) is 16.3. The van der Waals surface area contributed by atoms with Gasteiger partial charge in [-0.15, -0.1) is 0 Å². The molecule has 130 heavy (non-hydrogen) atoms. The van der Waals surface area contributed by atoms with Gasteiger partial charge in [-0.25, -0.2) is 0 Å². The maximum atomic E-state index is 6.50. The second-order valence-electron chi connectivity index (χ2n) is 34.8. The number of para-hydroxylation sites is 4. The summed E-state index contributed by atoms with van der Waals surface area (Å²) in [5, 5.41) is 18.6. The minimum Gasteiger partial charge on any atom is -0.456 e. The first kappa shape index (κ1) is 73.4. The molecule has 4 heteroatoms. The van der Waals surface area contributed by atoms with Crippen LogP contribution in [0.1, 0.15) is 44.5 Å². The van der Waals surface area contributed by atoms with Crippen LogP contribution < -0.4 is 0 Å². The topological polar surface area (TPSA) is 52.6 Å². The van der Waals surface area contributed by atoms with E-state index in [0.29, 0.717) is 0 Å². The van der Waals surface area contributed by atoms with Crippen LogP contribution in [0.15, 0.2) is 479 Å². The van der Waals surface area contributed by atoms with Crippen LogP contribution in [-0.4, -0.2) is 0 Å². The van der Waals surface area contributed by atoms with Gasteiger partial charge in [0.1, 0.15) is 44.7 Å². The second-order valence-corrected chi connectivity index (χ2v) is 34.8. The Labute approximate surface area is 748 Å². The molecule has 0 radical (unpaired) electrons. The largest absolute Gasteiger partial charge is 0.456 e. The van der Waals surface area contributed by atoms with E-state index >= 15 is 0 Å². The van der Waals surface area contributed by atoms with Gasteiger partial charge >= 0.3 is 0 Å². The van der Waals surface area contributed by atoms with Gasteiger partial charge in [0.25, 0.3) is 0 Å². The maximum absolute atomic E-state index is 6.50. The number of furan rings is 4. The fourth-order valence-corrected chi connectivity index (χ4v) is 23.1. The summed E-state index contributed by atoms with van der Waals surface area (Å²) in [4.78, 5) is 0. The third kappa shape index (κ3) is 10.7. The molecule has 0 N–H and O–H groups in total. The van der Waals surface area contributed by atoms with Crippen LogP contribution in [0.3, 0.4) is 0 Å². The Hall–Kier alpha value is -16.9. The van der Waals surface area contributed by atoms with Gasteiger partial charge in [0.15, 0.2) is 0 Å². The molecule has 26 aromatic rings. The lowest BCUT2D eigenvalue weighted by Gasteiger charge is -2.34. The van der Waals surface area contributed by atoms with Gasteiger partial charge in [0.05, 0.1) is 10.8 Å². The minimum atomic E-state index is -0.531. The molecule has 4 heterocycles. The predicted molar refractivity (Wildman–Crippen MR) is 539 cm³/mol. The lowest BCUT2D eigenvalue weighted by atomic mass is 9.67. The van der Waals surface area contributed by atoms with Gasteiger partial charge in [-0.1, -0.05) is 388 Å². The summed E-state index contributed by atoms with van der Waals surface area (Å²) < 4.78 is 25.7. The highest BCUT2D eigenvalue weighted by Crippen LogP contribution is 2.63. The van der Waals surface area contributed by atoms with E-state index in [2.05, 4.69) is 437 Å². The molecule has 4 nitrogen and oxygen atoms in total. The summed E-state index contributed by atoms with van der Waals surface area (Å²) in [6, 6.07) is 169. The average Bonchev–Trinajstić information content (AvgIpc) is 1.52. The van der Waals surface area contributed by atoms with Gasteiger partial charge in [-0.05, 0) is 249 Å². The van der Waals surface area contributed by atoms with Crippen molar-refractivity contribution in [3.63, 3.8) is 0 Å². The van der Waals surface area contributed by atoms with Gasteiger partial charge in [0, 0.05) is 43.1 Å². The van der Waals surface area contributed by atoms with Crippen LogP contribution in [0.4, 0.5) is 0 Å². The standard InChI is InChI=1S/2C63H38O2/c1-3-18-39(19-4-1)63(40-20-5-2-6-21-40)53-32-10-7-22-47(53)60-50(31-15-33-54(60)63)59-45-27-13-25-41(43-29-16-36-57-61(43)48-23-8-11-34-55(48)64-57)51(45)38-52-42(26-14-28-46(52)59)44-30-17-37-58-62(44)49-24-9-12-35-56(49)65-58;1-3-16-41(17-4-1)63(42-18-5-2-6-19-42)55-28-10-7-22-49(55)62-50(27-15-29-56(62)63)61-47-25-13-23-43(39-32-34-59-53(36-39)45-20-8-11-30-57(45)64-59)51(47)38-52-44(24-14-26-48(52)61)40-33-35-60-54(37-40)46-21-9-12-31-58(46)65-60/h2*1-38H. The SMILES string of the molecule is c1ccc(C2(c3ccccc3)c3ccccc3-c3c(-c4c5cccc(-c6ccc7oc8ccccc8c7c6)c5cc5c(-c6ccc7oc8ccccc8c7c6)cccc45)cccc32)cc1.c1ccc(C2(c3ccccc3)c3ccccc3-c3c(-c4c5cccc(-c6cccc7oc8ccccc8c67)c5cc5c(-c6cccc7oc8ccccc8c67)cccc45)cccc32)cc1. The molecule has 2 aliphatic rings. The lowest BCUT2D eigenvalue weighted by molar-refractivity contribution is 0.668. The first-order chi connectivity index (χ1) is 64.5. The summed E-state index contributed by atoms with van der Waals surface area (Å²) >= 11 is 0. The molecular weight excluding hydrogens is 1580 g/mol. The Balaban J connectivity index is 0.000000134. The van der Waals surface area contributed by atoms with E-state index in [-0.39, 0.29) is 0 Å². The molecule has 2 aliphatic carbocycles. The van der Waals surface area contributed by atoms with Crippen molar-refractivity contribution in [2.45, 2.75) is 10.8 Å². The normalized spacial score (nSPS) is 13.0. The monoisotopic (exact) mass is 1650 g/mol. The van der Waals surface area contributed by atoms with E-state index in [4.69, 9.17) is 17.7 Å². The second kappa shape index (κ2) is 28.8. The molecule has 0 saturated carbocycles.